The molecule has 0 aromatic carbocycles. The van der Waals surface area contributed by atoms with Gasteiger partial charge in [0.2, 0.25) is 0 Å². The summed E-state index contributed by atoms with van der Waals surface area (Å²) in [4.78, 5) is 0.196. The van der Waals surface area contributed by atoms with E-state index in [1.165, 1.54) is 0 Å². The minimum Gasteiger partial charge on any atom is -0.396 e. The van der Waals surface area contributed by atoms with Crippen molar-refractivity contribution < 1.29 is 5.11 Å². The van der Waals surface area contributed by atoms with Crippen LogP contribution in [-0.2, 0) is 0 Å². The van der Waals surface area contributed by atoms with E-state index in [2.05, 4.69) is 21.2 Å². The third-order valence-electron chi connectivity index (χ3n) is 0.843. The zero-order valence-electron chi connectivity index (χ0n) is 5.11. The minimum atomic E-state index is 0.196. The Bertz CT molecular complexity index is 64.9. The summed E-state index contributed by atoms with van der Waals surface area (Å²) in [7, 11) is 0. The van der Waals surface area contributed by atoms with Gasteiger partial charge in [0.05, 0.1) is 4.95 Å². The minimum absolute atomic E-state index is 0.196. The first-order chi connectivity index (χ1) is 4.31. The van der Waals surface area contributed by atoms with Gasteiger partial charge in [-0.05, 0) is 6.42 Å². The molecule has 56 valence electrons. The van der Waals surface area contributed by atoms with Gasteiger partial charge in [-0.1, -0.05) is 15.9 Å². The molecule has 0 bridgehead atoms. The van der Waals surface area contributed by atoms with Gasteiger partial charge in [0.1, 0.15) is 0 Å². The van der Waals surface area contributed by atoms with E-state index in [4.69, 9.17) is 16.7 Å². The lowest BCUT2D eigenvalue weighted by Gasteiger charge is -2.07. The molecule has 0 aliphatic rings. The Balaban J connectivity index is 2.95. The lowest BCUT2D eigenvalue weighted by molar-refractivity contribution is 0.283. The highest BCUT2D eigenvalue weighted by atomic mass is 79.9. The van der Waals surface area contributed by atoms with E-state index >= 15 is 0 Å². The molecule has 0 aliphatic carbocycles. The van der Waals surface area contributed by atoms with Crippen molar-refractivity contribution in [2.45, 2.75) is 11.4 Å². The molecule has 2 N–H and O–H groups in total. The lowest BCUT2D eigenvalue weighted by atomic mass is 10.4. The van der Waals surface area contributed by atoms with Crippen molar-refractivity contribution >= 4 is 27.5 Å². The molecule has 4 heteroatoms. The van der Waals surface area contributed by atoms with Crippen molar-refractivity contribution in [3.8, 4) is 0 Å². The van der Waals surface area contributed by atoms with E-state index in [9.17, 15) is 0 Å². The second kappa shape index (κ2) is 6.81. The molecule has 1 unspecified atom stereocenters. The number of rotatable bonds is 5. The van der Waals surface area contributed by atoms with E-state index in [1.807, 2.05) is 0 Å². The number of hydrogen-bond acceptors (Lipinski definition) is 2. The van der Waals surface area contributed by atoms with Gasteiger partial charge >= 0.3 is 0 Å². The molecular formula is C5H11BrClNO. The van der Waals surface area contributed by atoms with Crippen LogP contribution in [0.25, 0.3) is 0 Å². The second-order valence-electron chi connectivity index (χ2n) is 1.62. The molecular weight excluding hydrogens is 205 g/mol. The number of aliphatic hydroxyl groups excluding tert-OH is 1. The number of hydrogen-bond donors (Lipinski definition) is 2. The van der Waals surface area contributed by atoms with Crippen LogP contribution in [0.5, 0.6) is 0 Å². The molecule has 1 atom stereocenters. The SMILES string of the molecule is OCCC(Br)NCCCl. The van der Waals surface area contributed by atoms with Crippen molar-refractivity contribution in [1.82, 2.24) is 5.32 Å². The summed E-state index contributed by atoms with van der Waals surface area (Å²) in [5.74, 6) is 0.605. The fourth-order valence-corrected chi connectivity index (χ4v) is 0.969. The molecule has 0 aliphatic heterocycles. The average Bonchev–Trinajstić information content (AvgIpc) is 1.85. The van der Waals surface area contributed by atoms with Crippen LogP contribution in [0.2, 0.25) is 0 Å². The van der Waals surface area contributed by atoms with Gasteiger partial charge in [0.25, 0.3) is 0 Å². The summed E-state index contributed by atoms with van der Waals surface area (Å²) in [5.41, 5.74) is 0. The zero-order valence-corrected chi connectivity index (χ0v) is 7.45. The average molecular weight is 217 g/mol. The second-order valence-corrected chi connectivity index (χ2v) is 3.11. The van der Waals surface area contributed by atoms with Crippen LogP contribution < -0.4 is 5.32 Å². The third-order valence-corrected chi connectivity index (χ3v) is 1.81. The summed E-state index contributed by atoms with van der Waals surface area (Å²) in [6, 6.07) is 0. The van der Waals surface area contributed by atoms with E-state index < -0.39 is 0 Å². The molecule has 0 spiro atoms. The number of alkyl halides is 2. The molecule has 0 aromatic rings. The predicted molar refractivity (Wildman–Crippen MR) is 43.1 cm³/mol. The molecule has 0 amide bonds. The normalized spacial score (nSPS) is 13.7. The molecule has 0 aromatic heterocycles. The van der Waals surface area contributed by atoms with Crippen molar-refractivity contribution in [2.75, 3.05) is 19.0 Å². The molecule has 0 rings (SSSR count). The summed E-state index contributed by atoms with van der Waals surface area (Å²) in [6.45, 7) is 0.975. The maximum absolute atomic E-state index is 8.43. The Kier molecular flexibility index (Phi) is 7.33. The Morgan fingerprint density at radius 3 is 2.78 bits per heavy atom. The van der Waals surface area contributed by atoms with Crippen LogP contribution in [0.15, 0.2) is 0 Å². The Hall–Kier alpha value is 0.690. The van der Waals surface area contributed by atoms with Crippen molar-refractivity contribution in [1.29, 1.82) is 0 Å². The Morgan fingerprint density at radius 1 is 1.67 bits per heavy atom. The number of nitrogens with one attached hydrogen (secondary N) is 1. The molecule has 0 radical (unpaired) electrons. The maximum atomic E-state index is 8.43. The Morgan fingerprint density at radius 2 is 2.33 bits per heavy atom. The van der Waals surface area contributed by atoms with Gasteiger partial charge in [-0.25, -0.2) is 0 Å². The standard InChI is InChI=1S/C5H11BrClNO/c6-5(1-4-9)8-3-2-7/h5,8-9H,1-4H2. The van der Waals surface area contributed by atoms with Crippen LogP contribution in [0.4, 0.5) is 0 Å². The molecule has 0 fully saturated rings. The summed E-state index contributed by atoms with van der Waals surface area (Å²) in [5, 5.41) is 11.5. The van der Waals surface area contributed by atoms with Gasteiger partial charge in [-0.3, -0.25) is 0 Å². The van der Waals surface area contributed by atoms with Crippen molar-refractivity contribution in [3.05, 3.63) is 0 Å². The van der Waals surface area contributed by atoms with E-state index in [1.54, 1.807) is 0 Å². The van der Waals surface area contributed by atoms with E-state index in [0.717, 1.165) is 13.0 Å². The first-order valence-electron chi connectivity index (χ1n) is 2.85. The quantitative estimate of drug-likeness (QED) is 0.529. The summed E-state index contributed by atoms with van der Waals surface area (Å²) in [6.07, 6.45) is 0.719. The lowest BCUT2D eigenvalue weighted by Crippen LogP contribution is -2.25. The smallest absolute Gasteiger partial charge is 0.0653 e. The summed E-state index contributed by atoms with van der Waals surface area (Å²) < 4.78 is 0. The molecule has 2 nitrogen and oxygen atoms in total. The van der Waals surface area contributed by atoms with Crippen molar-refractivity contribution in [3.63, 3.8) is 0 Å². The topological polar surface area (TPSA) is 32.3 Å². The number of halogens is 2. The van der Waals surface area contributed by atoms with Crippen LogP contribution in [-0.4, -0.2) is 29.1 Å². The van der Waals surface area contributed by atoms with Crippen LogP contribution in [0.3, 0.4) is 0 Å². The van der Waals surface area contributed by atoms with Crippen LogP contribution in [0, 0.1) is 0 Å². The molecule has 0 saturated heterocycles. The maximum Gasteiger partial charge on any atom is 0.0653 e. The van der Waals surface area contributed by atoms with Crippen LogP contribution >= 0.6 is 27.5 Å². The largest absolute Gasteiger partial charge is 0.396 e. The highest BCUT2D eigenvalue weighted by molar-refractivity contribution is 9.09. The van der Waals surface area contributed by atoms with E-state index in [0.29, 0.717) is 5.88 Å². The van der Waals surface area contributed by atoms with Crippen molar-refractivity contribution in [2.24, 2.45) is 0 Å². The first-order valence-corrected chi connectivity index (χ1v) is 4.30. The monoisotopic (exact) mass is 215 g/mol. The van der Waals surface area contributed by atoms with Crippen LogP contribution in [0.1, 0.15) is 6.42 Å². The fourth-order valence-electron chi connectivity index (χ4n) is 0.427. The Labute approximate surface area is 68.7 Å². The molecule has 0 saturated carbocycles. The predicted octanol–water partition coefficient (Wildman–Crippen LogP) is 0.918. The van der Waals surface area contributed by atoms with Gasteiger partial charge in [0, 0.05) is 19.0 Å². The molecule has 0 heterocycles. The van der Waals surface area contributed by atoms with Gasteiger partial charge in [0.15, 0.2) is 0 Å². The van der Waals surface area contributed by atoms with E-state index in [-0.39, 0.29) is 11.6 Å². The highest BCUT2D eigenvalue weighted by Crippen LogP contribution is 1.98. The summed E-state index contributed by atoms with van der Waals surface area (Å²) >= 11 is 8.71. The zero-order chi connectivity index (χ0) is 7.11. The first kappa shape index (κ1) is 9.69. The van der Waals surface area contributed by atoms with Gasteiger partial charge in [-0.15, -0.1) is 11.6 Å². The number of aliphatic hydroxyl groups is 1. The van der Waals surface area contributed by atoms with Gasteiger partial charge in [-0.2, -0.15) is 0 Å². The molecule has 9 heavy (non-hydrogen) atoms. The fraction of sp³-hybridized carbons (Fsp3) is 1.00. The van der Waals surface area contributed by atoms with Gasteiger partial charge < -0.3 is 10.4 Å². The third kappa shape index (κ3) is 6.58. The highest BCUT2D eigenvalue weighted by Gasteiger charge is 1.98.